The van der Waals surface area contributed by atoms with Crippen LogP contribution >= 0.6 is 11.3 Å². The molecule has 0 amide bonds. The van der Waals surface area contributed by atoms with Gasteiger partial charge in [-0.3, -0.25) is 9.59 Å². The summed E-state index contributed by atoms with van der Waals surface area (Å²) in [5.74, 6) is -0.322. The highest BCUT2D eigenvalue weighted by Gasteiger charge is 2.12. The van der Waals surface area contributed by atoms with Crippen molar-refractivity contribution in [2.75, 3.05) is 13.7 Å². The zero-order valence-corrected chi connectivity index (χ0v) is 8.67. The van der Waals surface area contributed by atoms with Gasteiger partial charge in [0.05, 0.1) is 18.5 Å². The van der Waals surface area contributed by atoms with Gasteiger partial charge in [0, 0.05) is 18.9 Å². The van der Waals surface area contributed by atoms with Gasteiger partial charge in [-0.05, 0) is 0 Å². The maximum Gasteiger partial charge on any atom is 0.189 e. The molecule has 5 heteroatoms. The minimum absolute atomic E-state index is 0.0763. The molecular formula is C9H11NO3S. The fourth-order valence-electron chi connectivity index (χ4n) is 0.924. The second kappa shape index (κ2) is 5.62. The Morgan fingerprint density at radius 3 is 2.93 bits per heavy atom. The van der Waals surface area contributed by atoms with Crippen molar-refractivity contribution in [2.45, 2.75) is 12.8 Å². The van der Waals surface area contributed by atoms with Gasteiger partial charge in [-0.25, -0.2) is 4.98 Å². The molecule has 0 atom stereocenters. The van der Waals surface area contributed by atoms with Crippen molar-refractivity contribution in [3.05, 3.63) is 16.6 Å². The fraction of sp³-hybridized carbons (Fsp3) is 0.444. The summed E-state index contributed by atoms with van der Waals surface area (Å²) in [6.07, 6.45) is 0.208. The van der Waals surface area contributed by atoms with Gasteiger partial charge in [0.2, 0.25) is 0 Å². The number of rotatable bonds is 6. The Labute approximate surface area is 85.9 Å². The second-order valence-electron chi connectivity index (χ2n) is 2.76. The Bertz CT molecular complexity index is 308. The molecular weight excluding hydrogens is 202 g/mol. The molecule has 0 aromatic carbocycles. The number of ketones is 2. The summed E-state index contributed by atoms with van der Waals surface area (Å²) >= 11 is 1.34. The molecule has 0 N–H and O–H groups in total. The third kappa shape index (κ3) is 3.35. The van der Waals surface area contributed by atoms with Crippen LogP contribution in [-0.2, 0) is 9.53 Å². The number of ether oxygens (including phenoxy) is 1. The molecule has 76 valence electrons. The van der Waals surface area contributed by atoms with Crippen molar-refractivity contribution >= 4 is 22.9 Å². The van der Waals surface area contributed by atoms with E-state index in [4.69, 9.17) is 4.74 Å². The molecule has 0 spiro atoms. The summed E-state index contributed by atoms with van der Waals surface area (Å²) in [6.45, 7) is 0.364. The molecule has 0 unspecified atom stereocenters. The van der Waals surface area contributed by atoms with Crippen LogP contribution in [0.25, 0.3) is 0 Å². The molecule has 14 heavy (non-hydrogen) atoms. The molecule has 1 aromatic heterocycles. The minimum atomic E-state index is -0.215. The summed E-state index contributed by atoms with van der Waals surface area (Å²) in [5, 5.41) is 1.64. The van der Waals surface area contributed by atoms with Gasteiger partial charge in [0.1, 0.15) is 11.5 Å². The Morgan fingerprint density at radius 2 is 2.36 bits per heavy atom. The van der Waals surface area contributed by atoms with Crippen molar-refractivity contribution < 1.29 is 14.3 Å². The molecule has 0 aliphatic rings. The Hall–Kier alpha value is -1.07. The number of carbonyl (C=O) groups is 2. The number of aromatic nitrogens is 1. The van der Waals surface area contributed by atoms with Gasteiger partial charge in [-0.2, -0.15) is 0 Å². The lowest BCUT2D eigenvalue weighted by atomic mass is 10.1. The molecule has 1 aromatic rings. The SMILES string of the molecule is COCCC(=O)CC(=O)c1cscn1. The molecule has 4 nitrogen and oxygen atoms in total. The standard InChI is InChI=1S/C9H11NO3S/c1-13-3-2-7(11)4-9(12)8-5-14-6-10-8/h5-6H,2-4H2,1H3. The van der Waals surface area contributed by atoms with Crippen LogP contribution in [-0.4, -0.2) is 30.3 Å². The average Bonchev–Trinajstić information content (AvgIpc) is 2.67. The Kier molecular flexibility index (Phi) is 4.42. The number of nitrogens with zero attached hydrogens (tertiary/aromatic N) is 1. The van der Waals surface area contributed by atoms with Crippen molar-refractivity contribution in [3.63, 3.8) is 0 Å². The zero-order chi connectivity index (χ0) is 10.4. The smallest absolute Gasteiger partial charge is 0.189 e. The predicted octanol–water partition coefficient (Wildman–Crippen LogP) is 1.32. The van der Waals surface area contributed by atoms with E-state index in [1.165, 1.54) is 18.4 Å². The predicted molar refractivity (Wildman–Crippen MR) is 52.6 cm³/mol. The van der Waals surface area contributed by atoms with Gasteiger partial charge in [-0.1, -0.05) is 0 Å². The number of hydrogen-bond donors (Lipinski definition) is 0. The van der Waals surface area contributed by atoms with Crippen LogP contribution in [0.5, 0.6) is 0 Å². The van der Waals surface area contributed by atoms with Crippen LogP contribution in [0.15, 0.2) is 10.9 Å². The molecule has 0 aliphatic heterocycles. The molecule has 0 aliphatic carbocycles. The largest absolute Gasteiger partial charge is 0.384 e. The first kappa shape index (κ1) is 11.0. The summed E-state index contributed by atoms with van der Waals surface area (Å²) in [6, 6.07) is 0. The van der Waals surface area contributed by atoms with Crippen LogP contribution in [0.3, 0.4) is 0 Å². The van der Waals surface area contributed by atoms with Gasteiger partial charge in [0.25, 0.3) is 0 Å². The maximum atomic E-state index is 11.4. The normalized spacial score (nSPS) is 10.1. The maximum absolute atomic E-state index is 11.4. The molecule has 0 fully saturated rings. The monoisotopic (exact) mass is 213 g/mol. The van der Waals surface area contributed by atoms with Crippen LogP contribution in [0.1, 0.15) is 23.3 Å². The molecule has 1 rings (SSSR count). The average molecular weight is 213 g/mol. The summed E-state index contributed by atoms with van der Waals surface area (Å²) in [5.41, 5.74) is 1.95. The summed E-state index contributed by atoms with van der Waals surface area (Å²) < 4.78 is 4.74. The summed E-state index contributed by atoms with van der Waals surface area (Å²) in [7, 11) is 1.52. The highest BCUT2D eigenvalue weighted by atomic mass is 32.1. The third-order valence-corrected chi connectivity index (χ3v) is 2.25. The quantitative estimate of drug-likeness (QED) is 0.528. The van der Waals surface area contributed by atoms with Gasteiger partial charge in [-0.15, -0.1) is 11.3 Å². The van der Waals surface area contributed by atoms with E-state index in [-0.39, 0.29) is 24.4 Å². The topological polar surface area (TPSA) is 56.3 Å². The lowest BCUT2D eigenvalue weighted by molar-refractivity contribution is -0.119. The van der Waals surface area contributed by atoms with Crippen LogP contribution in [0, 0.1) is 0 Å². The van der Waals surface area contributed by atoms with E-state index in [2.05, 4.69) is 4.98 Å². The number of thiazole rings is 1. The first-order chi connectivity index (χ1) is 6.74. The number of carbonyl (C=O) groups excluding carboxylic acids is 2. The fourth-order valence-corrected chi connectivity index (χ4v) is 1.48. The van der Waals surface area contributed by atoms with Crippen molar-refractivity contribution in [1.82, 2.24) is 4.98 Å². The Morgan fingerprint density at radius 1 is 1.57 bits per heavy atom. The van der Waals surface area contributed by atoms with E-state index in [0.29, 0.717) is 12.3 Å². The molecule has 1 heterocycles. The van der Waals surface area contributed by atoms with Gasteiger partial charge >= 0.3 is 0 Å². The first-order valence-corrected chi connectivity index (χ1v) is 5.10. The van der Waals surface area contributed by atoms with Crippen molar-refractivity contribution in [3.8, 4) is 0 Å². The van der Waals surface area contributed by atoms with Crippen LogP contribution < -0.4 is 0 Å². The zero-order valence-electron chi connectivity index (χ0n) is 7.86. The van der Waals surface area contributed by atoms with Crippen LogP contribution in [0.4, 0.5) is 0 Å². The van der Waals surface area contributed by atoms with Crippen molar-refractivity contribution in [1.29, 1.82) is 0 Å². The lowest BCUT2D eigenvalue weighted by Gasteiger charge is -1.97. The van der Waals surface area contributed by atoms with Crippen molar-refractivity contribution in [2.24, 2.45) is 0 Å². The van der Waals surface area contributed by atoms with E-state index in [1.54, 1.807) is 10.9 Å². The van der Waals surface area contributed by atoms with E-state index >= 15 is 0 Å². The molecule has 0 saturated carbocycles. The highest BCUT2D eigenvalue weighted by Crippen LogP contribution is 2.05. The first-order valence-electron chi connectivity index (χ1n) is 4.16. The van der Waals surface area contributed by atoms with Gasteiger partial charge in [0.15, 0.2) is 5.78 Å². The second-order valence-corrected chi connectivity index (χ2v) is 3.47. The molecule has 0 bridgehead atoms. The third-order valence-electron chi connectivity index (χ3n) is 1.66. The highest BCUT2D eigenvalue weighted by molar-refractivity contribution is 7.07. The number of methoxy groups -OCH3 is 1. The Balaban J connectivity index is 2.38. The summed E-state index contributed by atoms with van der Waals surface area (Å²) in [4.78, 5) is 26.4. The molecule has 0 saturated heterocycles. The number of hydrogen-bond acceptors (Lipinski definition) is 5. The van der Waals surface area contributed by atoms with E-state index in [0.717, 1.165) is 0 Å². The number of Topliss-reactive ketones (excluding diaryl/α,β-unsaturated/α-hetero) is 2. The van der Waals surface area contributed by atoms with Crippen LogP contribution in [0.2, 0.25) is 0 Å². The van der Waals surface area contributed by atoms with E-state index in [9.17, 15) is 9.59 Å². The van der Waals surface area contributed by atoms with E-state index in [1.807, 2.05) is 0 Å². The van der Waals surface area contributed by atoms with Gasteiger partial charge < -0.3 is 4.74 Å². The lowest BCUT2D eigenvalue weighted by Crippen LogP contribution is -2.10. The molecule has 0 radical (unpaired) electrons. The van der Waals surface area contributed by atoms with E-state index < -0.39 is 0 Å². The minimum Gasteiger partial charge on any atom is -0.384 e.